The van der Waals surface area contributed by atoms with Crippen molar-refractivity contribution < 1.29 is 52.5 Å². The number of carbonyl (C=O) groups excluding carboxylic acids is 5. The average molecular weight is 809 g/mol. The summed E-state index contributed by atoms with van der Waals surface area (Å²) in [6.45, 7) is 6.86. The van der Waals surface area contributed by atoms with E-state index in [0.717, 1.165) is 40.6 Å². The maximum atomic E-state index is 13.7. The molecule has 0 aromatic heterocycles. The zero-order chi connectivity index (χ0) is 42.8. The molecule has 4 aromatic rings. The summed E-state index contributed by atoms with van der Waals surface area (Å²) in [7, 11) is 3.95. The number of carbonyl (C=O) groups is 5. The molecule has 1 fully saturated rings. The number of amides is 2. The standard InChI is InChI=1S/C42H41N5O12/c1-24(2)35-36-25(3)33(37(44(36)38(35)48)41(51)58-39(49)26-12-16-29(17-13-26)45(53)54)23-57-34-11-7-9-31-28(8-6-10-32(31)34)22-47(4,5)21-20-43-42(52)59-40(50)27-14-18-30(19-15-27)46(55)56/h6-19,24-25,35-36H,20-23H2,1-5H3/p+1/t25-,35+,36+/m0/s1. The normalized spacial score (nSPS) is 17.3. The van der Waals surface area contributed by atoms with Crippen LogP contribution < -0.4 is 10.1 Å². The van der Waals surface area contributed by atoms with Crippen molar-refractivity contribution in [2.75, 3.05) is 33.8 Å². The SMILES string of the molecule is CC(C)[C@H]1C(=O)N2C(C(=O)OC(=O)c3ccc([N+](=O)[O-])cc3)=C(COc3cccc4c(C[N+](C)(C)CCNC(=O)OC(=O)c5ccc([N+](=O)[O-])cc5)cccc34)[C@H](C)[C@H]12. The Hall–Kier alpha value is -7.01. The Kier molecular flexibility index (Phi) is 11.9. The van der Waals surface area contributed by atoms with Gasteiger partial charge in [-0.25, -0.2) is 19.2 Å². The fourth-order valence-corrected chi connectivity index (χ4v) is 7.59. The molecule has 2 aliphatic heterocycles. The minimum atomic E-state index is -1.02. The summed E-state index contributed by atoms with van der Waals surface area (Å²) in [5, 5.41) is 26.2. The minimum absolute atomic E-state index is 0.00656. The first-order chi connectivity index (χ1) is 28.0. The topological polar surface area (TPSA) is 215 Å². The summed E-state index contributed by atoms with van der Waals surface area (Å²) in [5.74, 6) is -3.36. The van der Waals surface area contributed by atoms with Crippen LogP contribution >= 0.6 is 0 Å². The van der Waals surface area contributed by atoms with Gasteiger partial charge in [0.1, 0.15) is 24.6 Å². The third-order valence-corrected chi connectivity index (χ3v) is 10.6. The molecule has 2 heterocycles. The molecule has 0 radical (unpaired) electrons. The van der Waals surface area contributed by atoms with E-state index in [2.05, 4.69) is 5.32 Å². The molecule has 17 heteroatoms. The third-order valence-electron chi connectivity index (χ3n) is 10.6. The lowest BCUT2D eigenvalue weighted by Gasteiger charge is -2.47. The van der Waals surface area contributed by atoms with Crippen molar-refractivity contribution in [3.63, 3.8) is 0 Å². The number of rotatable bonds is 14. The fourth-order valence-electron chi connectivity index (χ4n) is 7.59. The maximum Gasteiger partial charge on any atom is 0.415 e. The van der Waals surface area contributed by atoms with Gasteiger partial charge >= 0.3 is 24.0 Å². The second-order valence-electron chi connectivity index (χ2n) is 15.4. The number of benzene rings is 4. The molecule has 0 spiro atoms. The predicted octanol–water partition coefficient (Wildman–Crippen LogP) is 5.95. The van der Waals surface area contributed by atoms with E-state index in [9.17, 15) is 44.2 Å². The van der Waals surface area contributed by atoms with Crippen molar-refractivity contribution >= 4 is 52.1 Å². The highest BCUT2D eigenvalue weighted by molar-refractivity contribution is 6.06. The van der Waals surface area contributed by atoms with Gasteiger partial charge in [0.05, 0.1) is 60.1 Å². The molecule has 17 nitrogen and oxygen atoms in total. The van der Waals surface area contributed by atoms with E-state index in [1.54, 1.807) is 6.07 Å². The Morgan fingerprint density at radius 3 is 1.93 bits per heavy atom. The molecule has 6 rings (SSSR count). The number of ether oxygens (including phenoxy) is 3. The molecule has 0 bridgehead atoms. The molecule has 0 aliphatic carbocycles. The van der Waals surface area contributed by atoms with Crippen LogP contribution in [0.15, 0.2) is 96.2 Å². The molecule has 59 heavy (non-hydrogen) atoms. The number of fused-ring (bicyclic) bond motifs is 2. The second kappa shape index (κ2) is 16.8. The van der Waals surface area contributed by atoms with Crippen LogP contribution in [0.3, 0.4) is 0 Å². The van der Waals surface area contributed by atoms with Crippen molar-refractivity contribution in [3.8, 4) is 5.75 Å². The van der Waals surface area contributed by atoms with Gasteiger partial charge in [0.2, 0.25) is 5.91 Å². The highest BCUT2D eigenvalue weighted by atomic mass is 16.6. The van der Waals surface area contributed by atoms with Gasteiger partial charge in [-0.1, -0.05) is 51.1 Å². The number of nitrogens with zero attached hydrogens (tertiary/aromatic N) is 4. The monoisotopic (exact) mass is 808 g/mol. The van der Waals surface area contributed by atoms with Gasteiger partial charge < -0.3 is 28.9 Å². The van der Waals surface area contributed by atoms with Crippen LogP contribution in [0.25, 0.3) is 10.8 Å². The molecule has 2 amide bonds. The lowest BCUT2D eigenvalue weighted by atomic mass is 9.74. The van der Waals surface area contributed by atoms with E-state index >= 15 is 0 Å². The predicted molar refractivity (Wildman–Crippen MR) is 211 cm³/mol. The first kappa shape index (κ1) is 41.6. The lowest BCUT2D eigenvalue weighted by molar-refractivity contribution is -0.902. The number of alkyl carbamates (subject to hydrolysis) is 1. The Morgan fingerprint density at radius 1 is 0.797 bits per heavy atom. The Morgan fingerprint density at radius 2 is 1.36 bits per heavy atom. The fraction of sp³-hybridized carbons (Fsp3) is 0.310. The van der Waals surface area contributed by atoms with Crippen LogP contribution in [0.1, 0.15) is 47.1 Å². The highest BCUT2D eigenvalue weighted by Crippen LogP contribution is 2.49. The van der Waals surface area contributed by atoms with Crippen molar-refractivity contribution in [3.05, 3.63) is 133 Å². The summed E-state index contributed by atoms with van der Waals surface area (Å²) in [5.41, 5.74) is 0.920. The van der Waals surface area contributed by atoms with Gasteiger partial charge in [-0.2, -0.15) is 0 Å². The average Bonchev–Trinajstić information content (AvgIpc) is 3.43. The van der Waals surface area contributed by atoms with Gasteiger partial charge in [-0.05, 0) is 41.6 Å². The molecular formula is C42H42N5O12+. The number of hydrogen-bond donors (Lipinski definition) is 1. The molecule has 0 unspecified atom stereocenters. The number of likely N-dealkylation sites (N-methyl/N-ethyl adjacent to an activating group) is 1. The first-order valence-corrected chi connectivity index (χ1v) is 18.7. The first-order valence-electron chi connectivity index (χ1n) is 18.7. The Labute approximate surface area is 338 Å². The maximum absolute atomic E-state index is 13.7. The van der Waals surface area contributed by atoms with Gasteiger partial charge in [0.15, 0.2) is 0 Å². The Balaban J connectivity index is 1.14. The van der Waals surface area contributed by atoms with Crippen LogP contribution in [-0.4, -0.2) is 89.0 Å². The lowest BCUT2D eigenvalue weighted by Crippen LogP contribution is -2.62. The van der Waals surface area contributed by atoms with Crippen molar-refractivity contribution in [1.82, 2.24) is 10.2 Å². The van der Waals surface area contributed by atoms with Gasteiger partial charge in [0.25, 0.3) is 11.4 Å². The van der Waals surface area contributed by atoms with E-state index in [0.29, 0.717) is 28.9 Å². The van der Waals surface area contributed by atoms with Crippen LogP contribution in [-0.2, 0) is 25.6 Å². The summed E-state index contributed by atoms with van der Waals surface area (Å²) < 4.78 is 16.9. The number of hydrogen-bond acceptors (Lipinski definition) is 12. The zero-order valence-electron chi connectivity index (χ0n) is 32.9. The van der Waals surface area contributed by atoms with Crippen molar-refractivity contribution in [2.45, 2.75) is 33.4 Å². The zero-order valence-corrected chi connectivity index (χ0v) is 32.9. The highest BCUT2D eigenvalue weighted by Gasteiger charge is 2.59. The quantitative estimate of drug-likeness (QED) is 0.0391. The molecule has 3 atom stereocenters. The van der Waals surface area contributed by atoms with E-state index < -0.39 is 33.8 Å². The third kappa shape index (κ3) is 8.79. The second-order valence-corrected chi connectivity index (χ2v) is 15.4. The number of β-lactam (4-membered cyclic amide) rings is 1. The largest absolute Gasteiger partial charge is 0.488 e. The summed E-state index contributed by atoms with van der Waals surface area (Å²) in [6, 6.07) is 20.4. The van der Waals surface area contributed by atoms with E-state index in [1.165, 1.54) is 29.2 Å². The van der Waals surface area contributed by atoms with Crippen molar-refractivity contribution in [2.24, 2.45) is 17.8 Å². The van der Waals surface area contributed by atoms with Crippen LogP contribution in [0.4, 0.5) is 16.2 Å². The minimum Gasteiger partial charge on any atom is -0.488 e. The number of quaternary nitrogens is 1. The number of nitro benzene ring substituents is 2. The number of nitro groups is 2. The molecule has 0 saturated carbocycles. The molecule has 1 N–H and O–H groups in total. The van der Waals surface area contributed by atoms with Crippen LogP contribution in [0.2, 0.25) is 0 Å². The van der Waals surface area contributed by atoms with Crippen molar-refractivity contribution in [1.29, 1.82) is 0 Å². The number of nitrogens with one attached hydrogen (secondary N) is 1. The molecule has 1 saturated heterocycles. The number of non-ortho nitro benzene ring substituents is 2. The molecular weight excluding hydrogens is 766 g/mol. The molecule has 306 valence electrons. The van der Waals surface area contributed by atoms with Gasteiger partial charge in [-0.15, -0.1) is 0 Å². The van der Waals surface area contributed by atoms with E-state index in [1.807, 2.05) is 65.2 Å². The molecule has 2 aliphatic rings. The van der Waals surface area contributed by atoms with Crippen LogP contribution in [0, 0.1) is 38.0 Å². The van der Waals surface area contributed by atoms with Crippen LogP contribution in [0.5, 0.6) is 5.75 Å². The van der Waals surface area contributed by atoms with Gasteiger partial charge in [-0.3, -0.25) is 25.0 Å². The van der Waals surface area contributed by atoms with E-state index in [4.69, 9.17) is 14.2 Å². The Bertz CT molecular complexity index is 2390. The van der Waals surface area contributed by atoms with E-state index in [-0.39, 0.29) is 71.1 Å². The summed E-state index contributed by atoms with van der Waals surface area (Å²) in [4.78, 5) is 86.9. The smallest absolute Gasteiger partial charge is 0.415 e. The molecule has 4 aromatic carbocycles. The number of esters is 3. The summed E-state index contributed by atoms with van der Waals surface area (Å²) >= 11 is 0. The van der Waals surface area contributed by atoms with Gasteiger partial charge in [0, 0.05) is 46.7 Å². The summed E-state index contributed by atoms with van der Waals surface area (Å²) in [6.07, 6.45) is -0.951.